The minimum Gasteiger partial charge on any atom is -0.438 e. The highest BCUT2D eigenvalue weighted by molar-refractivity contribution is 6.34. The first-order valence-corrected chi connectivity index (χ1v) is 52.0. The lowest BCUT2D eigenvalue weighted by Gasteiger charge is -2.47. The van der Waals surface area contributed by atoms with Gasteiger partial charge in [-0.3, -0.25) is 39.6 Å². The molecule has 7 saturated heterocycles. The van der Waals surface area contributed by atoms with Crippen LogP contribution in [-0.4, -0.2) is 262 Å². The zero-order valence-corrected chi connectivity index (χ0v) is 87.1. The number of carbonyl (C=O) groups is 9. The van der Waals surface area contributed by atoms with Crippen molar-refractivity contribution < 1.29 is 106 Å². The first kappa shape index (κ1) is 113. The number of aromatic nitrogens is 2. The molecule has 11 aliphatic rings. The molecule has 43 heteroatoms. The number of imidazole rings is 1. The quantitative estimate of drug-likeness (QED) is 0.0297. The minimum absolute atomic E-state index is 0.0433. The predicted octanol–water partition coefficient (Wildman–Crippen LogP) is 19.7. The third kappa shape index (κ3) is 26.5. The van der Waals surface area contributed by atoms with E-state index in [1.54, 1.807) is 45.4 Å². The number of benzene rings is 6. The third-order valence-corrected chi connectivity index (χ3v) is 30.9. The minimum atomic E-state index is -4.78. The fourth-order valence-electron chi connectivity index (χ4n) is 21.6. The standard InChI is InChI=1S/C36H46ClF3N6O4.C32H37ClF3N5O5.C31H32ClF3N6O5.3C2H6/c1-22-20-46(21-23(2)43(22)3)25-8-12-44(13-9-25)33(48)30(18-24-16-27(36(38,39)40)32(41)28(37)17-24)50-34(49)45-14-10-35(11-15-45)19-31(47)42-29-7-5-4-6-26(29)35;1-39(20-6-7-20)21-8-12-40(13-9-21)28(42)26(18-19-16-23(32(34,35)36)27(37)24(33)17-19)45-30(44)41-14-10-31(11-15-41)22-4-2-3-5-25(22)38-29(43)46-31;32-23-16-19(15-22(26(23)36)31(33,34)35)17-25(27(42)39-10-5-20(6-11-39)41-14-9-37-18-41)45-29(44)40-12-7-30(8-13-40)21-3-1-2-4-24(21)38-28(43)46-30;3*1-2/h4-7,16-17,22-23,25,30H,8-15,18-21,41H2,1-3H3,(H,42,47);2-5,16-17,20-21,26H,6-15,18,37H2,1H3,(H,38,43);1-4,9,14-16,18,20,25H,5-8,10-13,17,36H2,(H,38,43);3*1-2H3/t22-,23+,30-;26-;25-;;;/m111.../s1. The maximum Gasteiger partial charge on any atom is 0.418 e. The number of amides is 9. The van der Waals surface area contributed by atoms with Crippen LogP contribution in [0.1, 0.15) is 208 Å². The number of anilines is 6. The Labute approximate surface area is 870 Å². The van der Waals surface area contributed by atoms with Crippen LogP contribution in [-0.2, 0) is 97.3 Å². The van der Waals surface area contributed by atoms with Crippen LogP contribution in [0.25, 0.3) is 0 Å². The van der Waals surface area contributed by atoms with Crippen LogP contribution in [0.2, 0.25) is 15.1 Å². The van der Waals surface area contributed by atoms with Gasteiger partial charge in [-0.1, -0.05) is 131 Å². The van der Waals surface area contributed by atoms with Gasteiger partial charge in [0, 0.05) is 214 Å². The van der Waals surface area contributed by atoms with E-state index < -0.39 is 135 Å². The van der Waals surface area contributed by atoms with Gasteiger partial charge in [-0.05, 0) is 169 Å². The highest BCUT2D eigenvalue weighted by Crippen LogP contribution is 2.50. The normalized spacial score (nSPS) is 20.5. The highest BCUT2D eigenvalue weighted by Gasteiger charge is 2.52. The number of carbonyl (C=O) groups excluding carboxylic acids is 9. The van der Waals surface area contributed by atoms with Crippen molar-refractivity contribution in [2.24, 2.45) is 0 Å². The van der Waals surface area contributed by atoms with E-state index in [9.17, 15) is 82.7 Å². The van der Waals surface area contributed by atoms with Crippen molar-refractivity contribution in [3.63, 3.8) is 0 Å². The molecule has 148 heavy (non-hydrogen) atoms. The van der Waals surface area contributed by atoms with Crippen molar-refractivity contribution in [2.75, 3.05) is 139 Å². The van der Waals surface area contributed by atoms with E-state index in [-0.39, 0.29) is 102 Å². The summed E-state index contributed by atoms with van der Waals surface area (Å²) in [5, 5.41) is 7.40. The molecule has 1 aromatic heterocycles. The summed E-state index contributed by atoms with van der Waals surface area (Å²) in [5.41, 5.74) is 14.3. The molecule has 8 fully saturated rings. The van der Waals surface area contributed by atoms with Gasteiger partial charge >= 0.3 is 49.0 Å². The molecule has 7 aromatic rings. The predicted molar refractivity (Wildman–Crippen MR) is 544 cm³/mol. The molecule has 9 amide bonds. The molecule has 3 spiro atoms. The number of nitrogens with one attached hydrogen (secondary N) is 3. The Morgan fingerprint density at radius 2 is 0.777 bits per heavy atom. The van der Waals surface area contributed by atoms with Gasteiger partial charge in [0.15, 0.2) is 18.3 Å². The summed E-state index contributed by atoms with van der Waals surface area (Å²) in [5.74, 6) is -1.53. The van der Waals surface area contributed by atoms with Crippen molar-refractivity contribution in [3.8, 4) is 0 Å². The Hall–Kier alpha value is -11.7. The number of halogens is 12. The van der Waals surface area contributed by atoms with E-state index in [4.69, 9.17) is 75.7 Å². The zero-order valence-electron chi connectivity index (χ0n) is 84.9. The van der Waals surface area contributed by atoms with Crippen molar-refractivity contribution in [2.45, 2.75) is 261 Å². The number of likely N-dealkylation sites (N-methyl/N-ethyl adjacent to an activating group) is 1. The van der Waals surface area contributed by atoms with Gasteiger partial charge in [0.2, 0.25) is 5.91 Å². The SMILES string of the molecule is CC.CC.CC.CN(C1CC1)C1CCN(C(=O)[C@@H](Cc2cc(Cl)c(N)c(C(F)(F)F)c2)OC(=O)N2CCC3(CC2)OC(=O)Nc2ccccc23)CC1.C[C@@H]1CN(C2CCN(C(=O)[C@@H](Cc3cc(Cl)c(N)c(C(F)(F)F)c3)OC(=O)N3CCC4(CC3)CC(=O)Nc3ccccc34)CC2)C[C@H](C)N1C.Nc1c(Cl)cc(C[C@@H](OC(=O)N2CCC3(CC2)OC(=O)Nc2ccccc23)C(=O)N2CCC(n3ccnc3)CC2)cc1C(F)(F)F. The topological polar surface area (TPSA) is 361 Å². The van der Waals surface area contributed by atoms with Crippen LogP contribution in [0.5, 0.6) is 0 Å². The van der Waals surface area contributed by atoms with Crippen LogP contribution in [0.3, 0.4) is 0 Å². The summed E-state index contributed by atoms with van der Waals surface area (Å²) in [6.45, 7) is 22.0. The maximum absolute atomic E-state index is 14.1. The average molecular weight is 2130 g/mol. The van der Waals surface area contributed by atoms with E-state index in [1.807, 2.05) is 107 Å². The monoisotopic (exact) mass is 2130 g/mol. The number of hydrogen-bond donors (Lipinski definition) is 6. The number of piperidine rings is 6. The van der Waals surface area contributed by atoms with E-state index in [1.165, 1.54) is 45.7 Å². The Morgan fingerprint density at radius 3 is 1.12 bits per heavy atom. The molecule has 806 valence electrons. The number of likely N-dealkylation sites (tertiary alicyclic amines) is 6. The molecule has 31 nitrogen and oxygen atoms in total. The number of rotatable bonds is 16. The van der Waals surface area contributed by atoms with Crippen LogP contribution in [0.15, 0.2) is 128 Å². The van der Waals surface area contributed by atoms with Gasteiger partial charge in [-0.25, -0.2) is 29.0 Å². The Balaban J connectivity index is 0.000000181. The third-order valence-electron chi connectivity index (χ3n) is 30.0. The summed E-state index contributed by atoms with van der Waals surface area (Å²) in [6.07, 6.45) is -8.62. The van der Waals surface area contributed by atoms with E-state index in [2.05, 4.69) is 63.6 Å². The largest absolute Gasteiger partial charge is 0.438 e. The van der Waals surface area contributed by atoms with Gasteiger partial charge in [-0.2, -0.15) is 39.5 Å². The van der Waals surface area contributed by atoms with Gasteiger partial charge in [0.25, 0.3) is 17.7 Å². The first-order chi connectivity index (χ1) is 70.4. The number of nitrogen functional groups attached to an aromatic ring is 3. The van der Waals surface area contributed by atoms with E-state index in [0.29, 0.717) is 139 Å². The number of fused-ring (bicyclic) bond motifs is 6. The average Bonchev–Trinajstić information content (AvgIpc) is 1.17. The molecule has 1 saturated carbocycles. The lowest BCUT2D eigenvalue weighted by Crippen LogP contribution is -2.59. The number of para-hydroxylation sites is 3. The summed E-state index contributed by atoms with van der Waals surface area (Å²) in [6, 6.07) is 30.8. The molecule has 18 rings (SSSR count). The Kier molecular flexibility index (Phi) is 37.2. The second-order valence-corrected chi connectivity index (χ2v) is 40.1. The smallest absolute Gasteiger partial charge is 0.418 e. The second-order valence-electron chi connectivity index (χ2n) is 38.9. The molecule has 1 aliphatic carbocycles. The fraction of sp³-hybridized carbons (Fsp3) is 0.543. The van der Waals surface area contributed by atoms with Crippen molar-refractivity contribution >= 4 is 123 Å². The molecule has 0 bridgehead atoms. The number of piperazine rings is 1. The summed E-state index contributed by atoms with van der Waals surface area (Å²) in [7, 11) is 4.23. The number of alkyl halides is 9. The number of nitrogens with zero attached hydrogens (tertiary/aromatic N) is 11. The molecule has 9 N–H and O–H groups in total. The zero-order chi connectivity index (χ0) is 107. The van der Waals surface area contributed by atoms with Gasteiger partial charge in [0.1, 0.15) is 11.2 Å². The Bertz CT molecular complexity index is 5830. The molecular weight excluding hydrogens is 2000 g/mol. The lowest BCUT2D eigenvalue weighted by molar-refractivity contribution is -0.143. The number of hydrogen-bond acceptors (Lipinski definition) is 21. The highest BCUT2D eigenvalue weighted by atomic mass is 35.5. The summed E-state index contributed by atoms with van der Waals surface area (Å²) < 4.78 is 155. The molecule has 10 aliphatic heterocycles. The summed E-state index contributed by atoms with van der Waals surface area (Å²) >= 11 is 18.3. The molecule has 0 radical (unpaired) electrons. The molecule has 6 aromatic carbocycles. The first-order valence-electron chi connectivity index (χ1n) is 50.8. The molecule has 5 atom stereocenters. The van der Waals surface area contributed by atoms with Crippen molar-refractivity contribution in [3.05, 3.63) is 193 Å². The lowest BCUT2D eigenvalue weighted by atomic mass is 9.68. The fourth-order valence-corrected chi connectivity index (χ4v) is 22.3. The molecule has 0 unspecified atom stereocenters. The van der Waals surface area contributed by atoms with Gasteiger partial charge < -0.3 is 85.1 Å². The van der Waals surface area contributed by atoms with Crippen molar-refractivity contribution in [1.82, 2.24) is 53.7 Å². The second kappa shape index (κ2) is 48.5. The number of ether oxygens (including phenoxy) is 5. The van der Waals surface area contributed by atoms with Gasteiger partial charge in [-0.15, -0.1) is 0 Å². The van der Waals surface area contributed by atoms with Crippen LogP contribution in [0.4, 0.5) is 97.6 Å². The van der Waals surface area contributed by atoms with Crippen LogP contribution in [0, 0.1) is 0 Å². The Morgan fingerprint density at radius 1 is 0.453 bits per heavy atom. The number of nitrogens with two attached hydrogens (primary N) is 3. The maximum atomic E-state index is 14.1. The van der Waals surface area contributed by atoms with Gasteiger partial charge in [0.05, 0.1) is 66.5 Å². The van der Waals surface area contributed by atoms with Crippen LogP contribution >= 0.6 is 34.8 Å². The molecule has 11 heterocycles. The van der Waals surface area contributed by atoms with E-state index in [0.717, 1.165) is 79.3 Å². The summed E-state index contributed by atoms with van der Waals surface area (Å²) in [4.78, 5) is 140. The van der Waals surface area contributed by atoms with E-state index >= 15 is 0 Å². The molecular formula is C105H133Cl3F9N17O14. The van der Waals surface area contributed by atoms with Crippen LogP contribution < -0.4 is 33.2 Å². The van der Waals surface area contributed by atoms with Crippen molar-refractivity contribution in [1.29, 1.82) is 0 Å².